The first kappa shape index (κ1) is 19.7. The topological polar surface area (TPSA) is 63.1 Å². The normalized spacial score (nSPS) is 13.4. The number of nitrogens with zero attached hydrogens (tertiary/aromatic N) is 4. The number of nitrogens with one attached hydrogen (secondary N) is 1. The number of aromatic nitrogens is 3. The third kappa shape index (κ3) is 4.71. The van der Waals surface area contributed by atoms with Gasteiger partial charge in [-0.1, -0.05) is 47.8 Å². The van der Waals surface area contributed by atoms with Crippen LogP contribution in [-0.2, 0) is 19.5 Å². The molecular formula is C21H21Cl2N5O. The summed E-state index contributed by atoms with van der Waals surface area (Å²) in [6.07, 6.45) is 4.35. The maximum absolute atomic E-state index is 13.1. The number of aryl methyl sites for hydroxylation is 2. The fraction of sp³-hybridized carbons (Fsp3) is 0.286. The van der Waals surface area contributed by atoms with E-state index in [9.17, 15) is 4.79 Å². The van der Waals surface area contributed by atoms with Crippen LogP contribution in [0.3, 0.4) is 0 Å². The van der Waals surface area contributed by atoms with Gasteiger partial charge in [-0.3, -0.25) is 4.90 Å². The van der Waals surface area contributed by atoms with E-state index < -0.39 is 0 Å². The summed E-state index contributed by atoms with van der Waals surface area (Å²) in [5.74, 6) is 1.63. The molecule has 0 saturated heterocycles. The molecule has 2 aromatic carbocycles. The summed E-state index contributed by atoms with van der Waals surface area (Å²) in [6.45, 7) is 1.15. The number of carbonyl (C=O) groups is 1. The Labute approximate surface area is 179 Å². The van der Waals surface area contributed by atoms with E-state index in [-0.39, 0.29) is 12.6 Å². The first-order valence-corrected chi connectivity index (χ1v) is 10.4. The molecule has 0 bridgehead atoms. The second-order valence-corrected chi connectivity index (χ2v) is 7.77. The van der Waals surface area contributed by atoms with Crippen molar-refractivity contribution in [2.24, 2.45) is 0 Å². The van der Waals surface area contributed by atoms with Crippen LogP contribution in [0.15, 0.2) is 48.5 Å². The van der Waals surface area contributed by atoms with Gasteiger partial charge in [0.25, 0.3) is 0 Å². The zero-order valence-corrected chi connectivity index (χ0v) is 17.3. The Bertz CT molecular complexity index is 982. The Morgan fingerprint density at radius 1 is 1.07 bits per heavy atom. The lowest BCUT2D eigenvalue weighted by atomic mass is 10.2. The molecule has 1 aliphatic rings. The number of rotatable bonds is 4. The van der Waals surface area contributed by atoms with E-state index >= 15 is 0 Å². The van der Waals surface area contributed by atoms with Crippen molar-refractivity contribution in [1.29, 1.82) is 0 Å². The summed E-state index contributed by atoms with van der Waals surface area (Å²) < 4.78 is 1.97. The maximum atomic E-state index is 13.1. The molecule has 1 N–H and O–H groups in total. The van der Waals surface area contributed by atoms with Crippen LogP contribution >= 0.6 is 23.2 Å². The van der Waals surface area contributed by atoms with Gasteiger partial charge in [0, 0.05) is 24.3 Å². The van der Waals surface area contributed by atoms with Crippen molar-refractivity contribution in [2.75, 3.05) is 10.2 Å². The highest BCUT2D eigenvalue weighted by Gasteiger charge is 2.21. The molecule has 2 heterocycles. The highest BCUT2D eigenvalue weighted by molar-refractivity contribution is 6.42. The second-order valence-electron chi connectivity index (χ2n) is 6.96. The lowest BCUT2D eigenvalue weighted by molar-refractivity contribution is 0.256. The van der Waals surface area contributed by atoms with Crippen molar-refractivity contribution in [3.05, 3.63) is 70.2 Å². The van der Waals surface area contributed by atoms with Crippen molar-refractivity contribution < 1.29 is 4.79 Å². The Morgan fingerprint density at radius 3 is 2.69 bits per heavy atom. The molecule has 0 radical (unpaired) electrons. The molecule has 4 rings (SSSR count). The van der Waals surface area contributed by atoms with Gasteiger partial charge < -0.3 is 5.32 Å². The lowest BCUT2D eigenvalue weighted by Gasteiger charge is -2.22. The molecule has 0 fully saturated rings. The largest absolute Gasteiger partial charge is 0.326 e. The Hall–Kier alpha value is -2.57. The molecule has 3 aromatic rings. The van der Waals surface area contributed by atoms with Crippen LogP contribution in [0.2, 0.25) is 10.0 Å². The summed E-state index contributed by atoms with van der Waals surface area (Å²) in [7, 11) is 0. The van der Waals surface area contributed by atoms with Gasteiger partial charge in [0.1, 0.15) is 5.82 Å². The Morgan fingerprint density at radius 2 is 1.90 bits per heavy atom. The zero-order valence-electron chi connectivity index (χ0n) is 15.8. The molecule has 2 amide bonds. The number of hydrogen-bond acceptors (Lipinski definition) is 3. The maximum Gasteiger partial charge on any atom is 0.326 e. The highest BCUT2D eigenvalue weighted by atomic mass is 35.5. The van der Waals surface area contributed by atoms with Crippen molar-refractivity contribution in [2.45, 2.75) is 38.8 Å². The second kappa shape index (κ2) is 8.84. The number of hydrogen-bond donors (Lipinski definition) is 1. The molecule has 1 aromatic heterocycles. The fourth-order valence-electron chi connectivity index (χ4n) is 3.37. The molecule has 8 heteroatoms. The van der Waals surface area contributed by atoms with Crippen molar-refractivity contribution in [3.63, 3.8) is 0 Å². The molecule has 0 saturated carbocycles. The standard InChI is InChI=1S/C21H21Cl2N5O/c22-17-11-10-15(13-18(17)23)24-21(29)27(16-7-3-1-4-8-16)14-19-25-20-9-5-2-6-12-28(20)26-19/h1,3-4,7-8,10-11,13H,2,5-6,9,12,14H2,(H,24,29). The number of carbonyl (C=O) groups excluding carboxylic acids is 1. The van der Waals surface area contributed by atoms with Crippen molar-refractivity contribution in [3.8, 4) is 0 Å². The molecule has 0 atom stereocenters. The van der Waals surface area contributed by atoms with E-state index in [4.69, 9.17) is 23.2 Å². The molecular weight excluding hydrogens is 409 g/mol. The molecule has 0 aliphatic carbocycles. The predicted octanol–water partition coefficient (Wildman–Crippen LogP) is 5.55. The minimum Gasteiger partial charge on any atom is -0.307 e. The Balaban J connectivity index is 1.58. The first-order valence-electron chi connectivity index (χ1n) is 9.61. The third-order valence-corrected chi connectivity index (χ3v) is 5.58. The summed E-state index contributed by atoms with van der Waals surface area (Å²) in [5, 5.41) is 8.34. The van der Waals surface area contributed by atoms with E-state index in [1.54, 1.807) is 23.1 Å². The molecule has 0 spiro atoms. The number of halogens is 2. The number of urea groups is 1. The van der Waals surface area contributed by atoms with Gasteiger partial charge in [0.05, 0.1) is 16.6 Å². The van der Waals surface area contributed by atoms with Gasteiger partial charge in [-0.15, -0.1) is 0 Å². The van der Waals surface area contributed by atoms with Crippen LogP contribution in [-0.4, -0.2) is 20.8 Å². The van der Waals surface area contributed by atoms with Crippen LogP contribution in [0, 0.1) is 0 Å². The summed E-state index contributed by atoms with van der Waals surface area (Å²) in [6, 6.07) is 14.2. The average molecular weight is 430 g/mol. The molecule has 1 aliphatic heterocycles. The van der Waals surface area contributed by atoms with Crippen LogP contribution < -0.4 is 10.2 Å². The fourth-order valence-corrected chi connectivity index (χ4v) is 3.67. The monoisotopic (exact) mass is 429 g/mol. The van der Waals surface area contributed by atoms with Crippen molar-refractivity contribution in [1.82, 2.24) is 14.8 Å². The molecule has 29 heavy (non-hydrogen) atoms. The molecule has 0 unspecified atom stereocenters. The van der Waals surface area contributed by atoms with Crippen LogP contribution in [0.5, 0.6) is 0 Å². The third-order valence-electron chi connectivity index (χ3n) is 4.85. The average Bonchev–Trinajstić information content (AvgIpc) is 2.98. The van der Waals surface area contributed by atoms with Gasteiger partial charge in [-0.05, 0) is 43.2 Å². The van der Waals surface area contributed by atoms with Gasteiger partial charge in [0.15, 0.2) is 5.82 Å². The van der Waals surface area contributed by atoms with E-state index in [1.807, 2.05) is 35.0 Å². The van der Waals surface area contributed by atoms with E-state index in [1.165, 1.54) is 6.42 Å². The summed E-state index contributed by atoms with van der Waals surface area (Å²) in [4.78, 5) is 19.4. The Kier molecular flexibility index (Phi) is 6.02. The number of benzene rings is 2. The minimum absolute atomic E-state index is 0.275. The van der Waals surface area contributed by atoms with Crippen LogP contribution in [0.4, 0.5) is 16.2 Å². The van der Waals surface area contributed by atoms with E-state index in [0.717, 1.165) is 37.3 Å². The summed E-state index contributed by atoms with van der Waals surface area (Å²) >= 11 is 12.0. The van der Waals surface area contributed by atoms with Crippen LogP contribution in [0.25, 0.3) is 0 Å². The van der Waals surface area contributed by atoms with Gasteiger partial charge in [0.2, 0.25) is 0 Å². The molecule has 6 nitrogen and oxygen atoms in total. The number of para-hydroxylation sites is 1. The van der Waals surface area contributed by atoms with E-state index in [2.05, 4.69) is 15.4 Å². The zero-order chi connectivity index (χ0) is 20.2. The summed E-state index contributed by atoms with van der Waals surface area (Å²) in [5.41, 5.74) is 1.33. The minimum atomic E-state index is -0.292. The first-order chi connectivity index (χ1) is 14.1. The van der Waals surface area contributed by atoms with Gasteiger partial charge in [-0.25, -0.2) is 14.5 Å². The smallest absolute Gasteiger partial charge is 0.307 e. The highest BCUT2D eigenvalue weighted by Crippen LogP contribution is 2.26. The number of amides is 2. The predicted molar refractivity (Wildman–Crippen MR) is 116 cm³/mol. The molecule has 150 valence electrons. The van der Waals surface area contributed by atoms with Gasteiger partial charge >= 0.3 is 6.03 Å². The quantitative estimate of drug-likeness (QED) is 0.590. The van der Waals surface area contributed by atoms with E-state index in [0.29, 0.717) is 21.6 Å². The SMILES string of the molecule is O=C(Nc1ccc(Cl)c(Cl)c1)N(Cc1nc2n(n1)CCCCC2)c1ccccc1. The lowest BCUT2D eigenvalue weighted by Crippen LogP contribution is -2.35. The van der Waals surface area contributed by atoms with Gasteiger partial charge in [-0.2, -0.15) is 5.10 Å². The number of anilines is 2. The van der Waals surface area contributed by atoms with Crippen LogP contribution in [0.1, 0.15) is 30.9 Å². The van der Waals surface area contributed by atoms with Crippen molar-refractivity contribution >= 4 is 40.6 Å². The number of fused-ring (bicyclic) bond motifs is 1.